The summed E-state index contributed by atoms with van der Waals surface area (Å²) in [7, 11) is 1.91. The number of nitrogens with two attached hydrogens (primary N) is 1. The quantitative estimate of drug-likeness (QED) is 0.746. The van der Waals surface area contributed by atoms with Gasteiger partial charge in [0.1, 0.15) is 0 Å². The number of imidazole rings is 1. The summed E-state index contributed by atoms with van der Waals surface area (Å²) in [5, 5.41) is 0. The fraction of sp³-hybridized carbons (Fsp3) is 0.125. The molecule has 0 radical (unpaired) electrons. The van der Waals surface area contributed by atoms with E-state index in [2.05, 4.69) is 4.98 Å². The molecular weight excluding hydrogens is 218 g/mol. The van der Waals surface area contributed by atoms with Crippen molar-refractivity contribution >= 4 is 34.0 Å². The van der Waals surface area contributed by atoms with Gasteiger partial charge in [-0.1, -0.05) is 12.1 Å². The molecule has 0 amide bonds. The van der Waals surface area contributed by atoms with Crippen molar-refractivity contribution in [1.82, 2.24) is 9.55 Å². The number of benzene rings is 1. The van der Waals surface area contributed by atoms with Gasteiger partial charge in [-0.05, 0) is 12.1 Å². The van der Waals surface area contributed by atoms with Crippen molar-refractivity contribution in [3.63, 3.8) is 0 Å². The fourth-order valence-electron chi connectivity index (χ4n) is 1.16. The lowest BCUT2D eigenvalue weighted by atomic mass is 10.3. The van der Waals surface area contributed by atoms with Gasteiger partial charge < -0.3 is 10.3 Å². The average Bonchev–Trinajstić information content (AvgIpc) is 2.30. The maximum atomic E-state index is 5.60. The molecule has 0 unspecified atom stereocenters. The lowest BCUT2D eigenvalue weighted by Gasteiger charge is -1.93. The third-order valence-corrected chi connectivity index (χ3v) is 1.82. The Bertz CT molecular complexity index is 394. The first-order valence-corrected chi connectivity index (χ1v) is 3.46. The van der Waals surface area contributed by atoms with Crippen LogP contribution in [0.2, 0.25) is 0 Å². The number of nitrogen functional groups attached to an aromatic ring is 1. The minimum absolute atomic E-state index is 0. The number of nitrogens with zero attached hydrogens (tertiary/aromatic N) is 2. The molecule has 2 aromatic rings. The van der Waals surface area contributed by atoms with E-state index < -0.39 is 0 Å². The predicted molar refractivity (Wildman–Crippen MR) is 55.4 cm³/mol. The van der Waals surface area contributed by atoms with Crippen molar-refractivity contribution in [1.29, 1.82) is 0 Å². The summed E-state index contributed by atoms with van der Waals surface area (Å²) >= 11 is 0. The Balaban J connectivity index is 0.000000720. The molecule has 0 saturated carbocycles. The van der Waals surface area contributed by atoms with Gasteiger partial charge in [-0.3, -0.25) is 0 Å². The van der Waals surface area contributed by atoms with E-state index in [1.54, 1.807) is 0 Å². The van der Waals surface area contributed by atoms with Crippen LogP contribution in [0.4, 0.5) is 5.95 Å². The second kappa shape index (κ2) is 3.15. The van der Waals surface area contributed by atoms with Crippen LogP contribution in [0.3, 0.4) is 0 Å². The molecule has 0 aliphatic carbocycles. The van der Waals surface area contributed by atoms with Crippen LogP contribution in [-0.2, 0) is 7.05 Å². The van der Waals surface area contributed by atoms with Gasteiger partial charge in [-0.15, -0.1) is 17.0 Å². The topological polar surface area (TPSA) is 43.8 Å². The number of halogens is 1. The molecule has 0 aliphatic rings. The lowest BCUT2D eigenvalue weighted by Crippen LogP contribution is -1.95. The SMILES string of the molecule is Br.Cn1c(N)nc2ccccc21. The number of rotatable bonds is 0. The Hall–Kier alpha value is -1.03. The molecule has 3 nitrogen and oxygen atoms in total. The molecule has 12 heavy (non-hydrogen) atoms. The number of fused-ring (bicyclic) bond motifs is 1. The largest absolute Gasteiger partial charge is 0.369 e. The van der Waals surface area contributed by atoms with Crippen LogP contribution in [0.1, 0.15) is 0 Å². The van der Waals surface area contributed by atoms with Crippen molar-refractivity contribution in [2.45, 2.75) is 0 Å². The number of hydrogen-bond donors (Lipinski definition) is 1. The van der Waals surface area contributed by atoms with E-state index in [9.17, 15) is 0 Å². The summed E-state index contributed by atoms with van der Waals surface area (Å²) in [6.07, 6.45) is 0. The number of aryl methyl sites for hydroxylation is 1. The van der Waals surface area contributed by atoms with Crippen molar-refractivity contribution in [3.05, 3.63) is 24.3 Å². The molecule has 0 saturated heterocycles. The van der Waals surface area contributed by atoms with Gasteiger partial charge in [0.05, 0.1) is 11.0 Å². The third kappa shape index (κ3) is 1.18. The summed E-state index contributed by atoms with van der Waals surface area (Å²) < 4.78 is 1.87. The van der Waals surface area contributed by atoms with E-state index in [1.807, 2.05) is 35.9 Å². The Labute approximate surface area is 81.0 Å². The molecule has 0 aliphatic heterocycles. The molecule has 1 aromatic heterocycles. The van der Waals surface area contributed by atoms with Crippen LogP contribution < -0.4 is 5.73 Å². The maximum Gasteiger partial charge on any atom is 0.200 e. The second-order valence-corrected chi connectivity index (χ2v) is 2.52. The number of para-hydroxylation sites is 2. The third-order valence-electron chi connectivity index (χ3n) is 1.82. The summed E-state index contributed by atoms with van der Waals surface area (Å²) in [5.74, 6) is 0.561. The Morgan fingerprint density at radius 3 is 2.67 bits per heavy atom. The van der Waals surface area contributed by atoms with Crippen LogP contribution in [-0.4, -0.2) is 9.55 Å². The van der Waals surface area contributed by atoms with Crippen LogP contribution in [0.25, 0.3) is 11.0 Å². The minimum atomic E-state index is 0. The first-order valence-electron chi connectivity index (χ1n) is 3.46. The fourth-order valence-corrected chi connectivity index (χ4v) is 1.16. The van der Waals surface area contributed by atoms with Gasteiger partial charge in [-0.25, -0.2) is 4.98 Å². The molecule has 2 rings (SSSR count). The van der Waals surface area contributed by atoms with Crippen molar-refractivity contribution in [2.75, 3.05) is 5.73 Å². The zero-order valence-corrected chi connectivity index (χ0v) is 8.40. The Morgan fingerprint density at radius 1 is 1.33 bits per heavy atom. The van der Waals surface area contributed by atoms with Crippen molar-refractivity contribution in [3.8, 4) is 0 Å². The highest BCUT2D eigenvalue weighted by atomic mass is 79.9. The molecule has 1 heterocycles. The zero-order valence-electron chi connectivity index (χ0n) is 6.69. The summed E-state index contributed by atoms with van der Waals surface area (Å²) in [6, 6.07) is 7.88. The van der Waals surface area contributed by atoms with E-state index >= 15 is 0 Å². The lowest BCUT2D eigenvalue weighted by molar-refractivity contribution is 0.965. The highest BCUT2D eigenvalue weighted by Crippen LogP contribution is 2.14. The Morgan fingerprint density at radius 2 is 2.00 bits per heavy atom. The summed E-state index contributed by atoms with van der Waals surface area (Å²) in [5.41, 5.74) is 7.63. The number of hydrogen-bond acceptors (Lipinski definition) is 2. The van der Waals surface area contributed by atoms with Crippen LogP contribution in [0, 0.1) is 0 Å². The monoisotopic (exact) mass is 227 g/mol. The normalized spacial score (nSPS) is 9.75. The molecule has 64 valence electrons. The number of anilines is 1. The van der Waals surface area contributed by atoms with E-state index in [-0.39, 0.29) is 17.0 Å². The van der Waals surface area contributed by atoms with Gasteiger partial charge in [-0.2, -0.15) is 0 Å². The van der Waals surface area contributed by atoms with Gasteiger partial charge in [0.25, 0.3) is 0 Å². The van der Waals surface area contributed by atoms with Crippen molar-refractivity contribution < 1.29 is 0 Å². The van der Waals surface area contributed by atoms with Crippen LogP contribution >= 0.6 is 17.0 Å². The smallest absolute Gasteiger partial charge is 0.200 e. The molecular formula is C8H10BrN3. The summed E-state index contributed by atoms with van der Waals surface area (Å²) in [6.45, 7) is 0. The van der Waals surface area contributed by atoms with Gasteiger partial charge in [0, 0.05) is 7.05 Å². The van der Waals surface area contributed by atoms with E-state index in [0.717, 1.165) is 11.0 Å². The van der Waals surface area contributed by atoms with E-state index in [1.165, 1.54) is 0 Å². The van der Waals surface area contributed by atoms with E-state index in [4.69, 9.17) is 5.73 Å². The second-order valence-electron chi connectivity index (χ2n) is 2.52. The molecule has 2 N–H and O–H groups in total. The number of aromatic nitrogens is 2. The van der Waals surface area contributed by atoms with E-state index in [0.29, 0.717) is 5.95 Å². The molecule has 0 atom stereocenters. The molecule has 0 fully saturated rings. The maximum absolute atomic E-state index is 5.60. The Kier molecular flexibility index (Phi) is 2.38. The van der Waals surface area contributed by atoms with Crippen LogP contribution in [0.5, 0.6) is 0 Å². The predicted octanol–water partition coefficient (Wildman–Crippen LogP) is 1.73. The molecule has 0 spiro atoms. The average molecular weight is 228 g/mol. The minimum Gasteiger partial charge on any atom is -0.369 e. The molecule has 4 heteroatoms. The van der Waals surface area contributed by atoms with Gasteiger partial charge in [0.15, 0.2) is 0 Å². The van der Waals surface area contributed by atoms with Crippen LogP contribution in [0.15, 0.2) is 24.3 Å². The van der Waals surface area contributed by atoms with Crippen molar-refractivity contribution in [2.24, 2.45) is 7.05 Å². The highest BCUT2D eigenvalue weighted by molar-refractivity contribution is 8.93. The molecule has 1 aromatic carbocycles. The van der Waals surface area contributed by atoms with Gasteiger partial charge in [0.2, 0.25) is 5.95 Å². The first kappa shape index (κ1) is 9.06. The van der Waals surface area contributed by atoms with Gasteiger partial charge >= 0.3 is 0 Å². The highest BCUT2D eigenvalue weighted by Gasteiger charge is 2.00. The molecule has 0 bridgehead atoms. The first-order chi connectivity index (χ1) is 5.29. The summed E-state index contributed by atoms with van der Waals surface area (Å²) in [4.78, 5) is 4.15. The zero-order chi connectivity index (χ0) is 7.84. The standard InChI is InChI=1S/C8H9N3.BrH/c1-11-7-5-3-2-4-6(7)10-8(11)9;/h2-5H,1H3,(H2,9,10);1H.